The maximum Gasteiger partial charge on any atom is 0.307 e. The quantitative estimate of drug-likeness (QED) is 0.730. The van der Waals surface area contributed by atoms with E-state index >= 15 is 0 Å². The van der Waals surface area contributed by atoms with Gasteiger partial charge in [-0.1, -0.05) is 40.2 Å². The molecule has 0 aliphatic carbocycles. The van der Waals surface area contributed by atoms with E-state index in [0.717, 1.165) is 21.1 Å². The lowest BCUT2D eigenvalue weighted by Crippen LogP contribution is -1.98. The van der Waals surface area contributed by atoms with Crippen molar-refractivity contribution in [3.05, 3.63) is 64.4 Å². The number of nitrogens with zero attached hydrogens (tertiary/aromatic N) is 1. The van der Waals surface area contributed by atoms with Crippen molar-refractivity contribution in [2.75, 3.05) is 0 Å². The van der Waals surface area contributed by atoms with E-state index in [1.807, 2.05) is 54.6 Å². The van der Waals surface area contributed by atoms with Gasteiger partial charge >= 0.3 is 5.97 Å². The summed E-state index contributed by atoms with van der Waals surface area (Å²) in [5.41, 5.74) is 3.29. The summed E-state index contributed by atoms with van der Waals surface area (Å²) in [4.78, 5) is 18.8. The zero-order chi connectivity index (χ0) is 15.5. The Morgan fingerprint density at radius 3 is 2.59 bits per heavy atom. The number of aliphatic carboxylic acids is 1. The summed E-state index contributed by atoms with van der Waals surface area (Å²) in [5.74, 6) is -0.296. The van der Waals surface area contributed by atoms with Crippen LogP contribution in [-0.2, 0) is 4.79 Å². The Morgan fingerprint density at radius 1 is 1.18 bits per heavy atom. The number of imidazole rings is 1. The molecular weight excluding hydrogens is 344 g/mol. The van der Waals surface area contributed by atoms with Gasteiger partial charge in [-0.05, 0) is 35.9 Å². The molecule has 0 fully saturated rings. The van der Waals surface area contributed by atoms with Crippen LogP contribution < -0.4 is 0 Å². The number of aromatic nitrogens is 2. The number of nitrogens with one attached hydrogen (secondary N) is 1. The number of carboxylic acid groups (broad SMARTS) is 1. The molecule has 2 N–H and O–H groups in total. The number of hydrogen-bond acceptors (Lipinski definition) is 2. The van der Waals surface area contributed by atoms with Gasteiger partial charge in [0, 0.05) is 10.0 Å². The minimum absolute atomic E-state index is 0.0874. The Kier molecular flexibility index (Phi) is 4.06. The van der Waals surface area contributed by atoms with Crippen molar-refractivity contribution in [3.63, 3.8) is 0 Å². The number of carbonyl (C=O) groups is 1. The zero-order valence-corrected chi connectivity index (χ0v) is 13.2. The number of halogens is 1. The van der Waals surface area contributed by atoms with Crippen LogP contribution >= 0.6 is 15.9 Å². The first-order valence-electron chi connectivity index (χ1n) is 6.75. The molecule has 0 saturated carbocycles. The number of hydrogen-bond donors (Lipinski definition) is 2. The number of rotatable bonds is 4. The fraction of sp³-hybridized carbons (Fsp3) is 0.0588. The number of fused-ring (bicyclic) bond motifs is 1. The smallest absolute Gasteiger partial charge is 0.307 e. The standard InChI is InChI=1S/C17H13BrN2O2/c18-13-7-5-11(6-8-13)9-12(10-16(21)22)17-19-14-3-1-2-4-15(14)20-17/h1-9H,10H2,(H,19,20)(H,21,22)/b12-9+. The summed E-state index contributed by atoms with van der Waals surface area (Å²) in [7, 11) is 0. The van der Waals surface area contributed by atoms with Gasteiger partial charge in [0.25, 0.3) is 0 Å². The Balaban J connectivity index is 2.05. The first kappa shape index (κ1) is 14.5. The second kappa shape index (κ2) is 6.15. The number of para-hydroxylation sites is 2. The molecule has 1 aromatic heterocycles. The third-order valence-electron chi connectivity index (χ3n) is 3.25. The molecule has 0 radical (unpaired) electrons. The van der Waals surface area contributed by atoms with E-state index in [1.165, 1.54) is 0 Å². The molecule has 0 spiro atoms. The third-order valence-corrected chi connectivity index (χ3v) is 3.77. The van der Waals surface area contributed by atoms with Crippen molar-refractivity contribution in [3.8, 4) is 0 Å². The van der Waals surface area contributed by atoms with Crippen molar-refractivity contribution < 1.29 is 9.90 Å². The highest BCUT2D eigenvalue weighted by Crippen LogP contribution is 2.23. The molecule has 22 heavy (non-hydrogen) atoms. The predicted octanol–water partition coefficient (Wildman–Crippen LogP) is 4.34. The lowest BCUT2D eigenvalue weighted by Gasteiger charge is -2.02. The molecule has 0 unspecified atom stereocenters. The molecule has 0 amide bonds. The Labute approximate surface area is 135 Å². The molecule has 5 heteroatoms. The highest BCUT2D eigenvalue weighted by atomic mass is 79.9. The molecule has 110 valence electrons. The molecule has 0 aliphatic rings. The van der Waals surface area contributed by atoms with Gasteiger partial charge < -0.3 is 10.1 Å². The highest BCUT2D eigenvalue weighted by molar-refractivity contribution is 9.10. The van der Waals surface area contributed by atoms with Crippen LogP contribution in [0.2, 0.25) is 0 Å². The molecular formula is C17H13BrN2O2. The zero-order valence-electron chi connectivity index (χ0n) is 11.6. The molecule has 0 bridgehead atoms. The summed E-state index contributed by atoms with van der Waals surface area (Å²) in [6, 6.07) is 15.3. The van der Waals surface area contributed by atoms with Crippen LogP contribution in [0.1, 0.15) is 17.8 Å². The fourth-order valence-electron chi connectivity index (χ4n) is 2.23. The minimum Gasteiger partial charge on any atom is -0.481 e. The molecule has 0 atom stereocenters. The van der Waals surface area contributed by atoms with Crippen molar-refractivity contribution in [2.45, 2.75) is 6.42 Å². The Bertz CT molecular complexity index is 817. The van der Waals surface area contributed by atoms with Gasteiger partial charge in [0.05, 0.1) is 17.5 Å². The van der Waals surface area contributed by atoms with E-state index in [-0.39, 0.29) is 6.42 Å². The molecule has 2 aromatic carbocycles. The predicted molar refractivity (Wildman–Crippen MR) is 90.4 cm³/mol. The van der Waals surface area contributed by atoms with Crippen LogP contribution in [-0.4, -0.2) is 21.0 Å². The third kappa shape index (κ3) is 3.26. The van der Waals surface area contributed by atoms with Gasteiger partial charge in [-0.25, -0.2) is 4.98 Å². The largest absolute Gasteiger partial charge is 0.481 e. The van der Waals surface area contributed by atoms with Crippen molar-refractivity contribution in [1.29, 1.82) is 0 Å². The topological polar surface area (TPSA) is 66.0 Å². The van der Waals surface area contributed by atoms with Gasteiger partial charge in [-0.2, -0.15) is 0 Å². The van der Waals surface area contributed by atoms with Crippen LogP contribution in [0.25, 0.3) is 22.7 Å². The van der Waals surface area contributed by atoms with Gasteiger partial charge in [0.15, 0.2) is 0 Å². The van der Waals surface area contributed by atoms with Crippen LogP contribution in [0.5, 0.6) is 0 Å². The minimum atomic E-state index is -0.885. The summed E-state index contributed by atoms with van der Waals surface area (Å²) in [6.07, 6.45) is 1.76. The highest BCUT2D eigenvalue weighted by Gasteiger charge is 2.11. The van der Waals surface area contributed by atoms with E-state index in [1.54, 1.807) is 0 Å². The number of benzene rings is 2. The fourth-order valence-corrected chi connectivity index (χ4v) is 2.50. The second-order valence-corrected chi connectivity index (χ2v) is 5.81. The van der Waals surface area contributed by atoms with E-state index in [9.17, 15) is 4.79 Å². The lowest BCUT2D eigenvalue weighted by molar-refractivity contribution is -0.135. The van der Waals surface area contributed by atoms with Crippen LogP contribution in [0.4, 0.5) is 0 Å². The molecule has 4 nitrogen and oxygen atoms in total. The Hall–Kier alpha value is -2.40. The molecule has 3 aromatic rings. The summed E-state index contributed by atoms with van der Waals surface area (Å²) < 4.78 is 0.980. The Morgan fingerprint density at radius 2 is 1.91 bits per heavy atom. The normalized spacial score (nSPS) is 11.8. The number of H-pyrrole nitrogens is 1. The first-order chi connectivity index (χ1) is 10.6. The average molecular weight is 357 g/mol. The van der Waals surface area contributed by atoms with E-state index < -0.39 is 5.97 Å². The lowest BCUT2D eigenvalue weighted by atomic mass is 10.1. The molecule has 0 aliphatic heterocycles. The van der Waals surface area contributed by atoms with Gasteiger partial charge in [0.2, 0.25) is 0 Å². The van der Waals surface area contributed by atoms with Gasteiger partial charge in [-0.15, -0.1) is 0 Å². The summed E-state index contributed by atoms with van der Waals surface area (Å²) in [5, 5.41) is 9.15. The molecule has 3 rings (SSSR count). The average Bonchev–Trinajstić information content (AvgIpc) is 2.92. The SMILES string of the molecule is O=C(O)C/C(=C\c1ccc(Br)cc1)c1nc2ccccc2[nH]1. The van der Waals surface area contributed by atoms with Gasteiger partial charge in [-0.3, -0.25) is 4.79 Å². The van der Waals surface area contributed by atoms with E-state index in [0.29, 0.717) is 11.4 Å². The van der Waals surface area contributed by atoms with Crippen molar-refractivity contribution in [2.24, 2.45) is 0 Å². The van der Waals surface area contributed by atoms with Crippen LogP contribution in [0.3, 0.4) is 0 Å². The van der Waals surface area contributed by atoms with Gasteiger partial charge in [0.1, 0.15) is 5.82 Å². The summed E-state index contributed by atoms with van der Waals surface area (Å²) >= 11 is 3.39. The number of aromatic amines is 1. The summed E-state index contributed by atoms with van der Waals surface area (Å²) in [6.45, 7) is 0. The van der Waals surface area contributed by atoms with Crippen LogP contribution in [0, 0.1) is 0 Å². The van der Waals surface area contributed by atoms with Crippen LogP contribution in [0.15, 0.2) is 53.0 Å². The van der Waals surface area contributed by atoms with Crippen molar-refractivity contribution in [1.82, 2.24) is 9.97 Å². The monoisotopic (exact) mass is 356 g/mol. The molecule has 0 saturated heterocycles. The van der Waals surface area contributed by atoms with E-state index in [4.69, 9.17) is 5.11 Å². The first-order valence-corrected chi connectivity index (χ1v) is 7.54. The second-order valence-electron chi connectivity index (χ2n) is 4.89. The maximum absolute atomic E-state index is 11.2. The number of carboxylic acids is 1. The molecule has 1 heterocycles. The van der Waals surface area contributed by atoms with E-state index in [2.05, 4.69) is 25.9 Å². The van der Waals surface area contributed by atoms with Crippen molar-refractivity contribution >= 4 is 44.6 Å². The maximum atomic E-state index is 11.2.